The lowest BCUT2D eigenvalue weighted by atomic mass is 10.0. The molecule has 154 valence electrons. The normalized spacial score (nSPS) is 15.2. The van der Waals surface area contributed by atoms with Crippen LogP contribution < -0.4 is 4.90 Å². The summed E-state index contributed by atoms with van der Waals surface area (Å²) in [5.41, 5.74) is 7.95. The summed E-state index contributed by atoms with van der Waals surface area (Å²) in [6.45, 7) is 13.7. The number of aromatic nitrogens is 3. The second-order valence-electron chi connectivity index (χ2n) is 8.65. The number of ether oxygens (including phenoxy) is 1. The minimum absolute atomic E-state index is 0.270. The fourth-order valence-electron chi connectivity index (χ4n) is 4.12. The van der Waals surface area contributed by atoms with Crippen molar-refractivity contribution in [3.05, 3.63) is 41.2 Å². The predicted molar refractivity (Wildman–Crippen MR) is 120 cm³/mol. The third-order valence-electron chi connectivity index (χ3n) is 5.96. The van der Waals surface area contributed by atoms with Crippen LogP contribution >= 0.6 is 0 Å². The Bertz CT molecular complexity index is 1030. The molecule has 3 aromatic heterocycles. The van der Waals surface area contributed by atoms with Crippen molar-refractivity contribution >= 4 is 16.9 Å². The van der Waals surface area contributed by atoms with Gasteiger partial charge in [0, 0.05) is 37.7 Å². The molecule has 3 aromatic rings. The molecule has 0 N–H and O–H groups in total. The summed E-state index contributed by atoms with van der Waals surface area (Å²) in [7, 11) is 1.75. The van der Waals surface area contributed by atoms with Gasteiger partial charge in [0.15, 0.2) is 0 Å². The molecule has 4 rings (SSSR count). The predicted octanol–water partition coefficient (Wildman–Crippen LogP) is 5.26. The highest BCUT2D eigenvalue weighted by molar-refractivity contribution is 5.86. The van der Waals surface area contributed by atoms with Gasteiger partial charge >= 0.3 is 0 Å². The van der Waals surface area contributed by atoms with Crippen LogP contribution in [0.1, 0.15) is 56.0 Å². The summed E-state index contributed by atoms with van der Waals surface area (Å²) in [4.78, 5) is 12.6. The minimum Gasteiger partial charge on any atom is -0.383 e. The van der Waals surface area contributed by atoms with Crippen LogP contribution in [0.4, 0.5) is 5.82 Å². The van der Waals surface area contributed by atoms with Crippen LogP contribution in [0.15, 0.2) is 24.4 Å². The molecule has 5 heteroatoms. The molecule has 0 unspecified atom stereocenters. The van der Waals surface area contributed by atoms with E-state index in [2.05, 4.69) is 68.5 Å². The monoisotopic (exact) mass is 392 g/mol. The van der Waals surface area contributed by atoms with E-state index in [4.69, 9.17) is 14.7 Å². The van der Waals surface area contributed by atoms with E-state index in [0.29, 0.717) is 12.5 Å². The highest BCUT2D eigenvalue weighted by atomic mass is 16.5. The van der Waals surface area contributed by atoms with E-state index >= 15 is 0 Å². The summed E-state index contributed by atoms with van der Waals surface area (Å²) in [6, 6.07) is 6.92. The molecule has 0 aliphatic carbocycles. The maximum Gasteiger partial charge on any atom is 0.138 e. The van der Waals surface area contributed by atoms with Gasteiger partial charge < -0.3 is 14.2 Å². The van der Waals surface area contributed by atoms with E-state index in [1.54, 1.807) is 7.11 Å². The van der Waals surface area contributed by atoms with Crippen LogP contribution in [0.3, 0.4) is 0 Å². The Morgan fingerprint density at radius 3 is 2.45 bits per heavy atom. The zero-order valence-electron chi connectivity index (χ0n) is 18.5. The Labute approximate surface area is 173 Å². The molecule has 1 saturated heterocycles. The first-order valence-electron chi connectivity index (χ1n) is 10.6. The van der Waals surface area contributed by atoms with Gasteiger partial charge in [0.2, 0.25) is 0 Å². The summed E-state index contributed by atoms with van der Waals surface area (Å²) in [6.07, 6.45) is 3.43. The molecule has 0 radical (unpaired) electrons. The Morgan fingerprint density at radius 1 is 1.07 bits per heavy atom. The number of nitrogens with zero attached hydrogens (tertiary/aromatic N) is 4. The fraction of sp³-hybridized carbons (Fsp3) is 0.500. The summed E-state index contributed by atoms with van der Waals surface area (Å²) in [5, 5.41) is 0. The first-order valence-corrected chi connectivity index (χ1v) is 10.6. The van der Waals surface area contributed by atoms with Crippen molar-refractivity contribution in [1.82, 2.24) is 14.5 Å². The number of hydrogen-bond acceptors (Lipinski definition) is 4. The van der Waals surface area contributed by atoms with Gasteiger partial charge in [-0.1, -0.05) is 13.8 Å². The maximum absolute atomic E-state index is 5.38. The summed E-state index contributed by atoms with van der Waals surface area (Å²) < 4.78 is 7.66. The highest BCUT2D eigenvalue weighted by Crippen LogP contribution is 2.36. The van der Waals surface area contributed by atoms with Gasteiger partial charge in [0.25, 0.3) is 0 Å². The summed E-state index contributed by atoms with van der Waals surface area (Å²) >= 11 is 0. The van der Waals surface area contributed by atoms with Crippen LogP contribution in [-0.4, -0.2) is 41.3 Å². The lowest BCUT2D eigenvalue weighted by Gasteiger charge is -2.34. The molecule has 0 aromatic carbocycles. The molecule has 1 aliphatic heterocycles. The van der Waals surface area contributed by atoms with E-state index < -0.39 is 0 Å². The molecule has 29 heavy (non-hydrogen) atoms. The Kier molecular flexibility index (Phi) is 5.34. The standard InChI is InChI=1S/C24H32N4O/c1-15(2)20-9-8-19(24(25-20)27-10-7-11-27)22-16(3)12-21-23(26-22)17(4)13-28(21)18(5)14-29-6/h8-9,12-13,15,18H,7,10-11,14H2,1-6H3/t18-/m0/s1. The maximum atomic E-state index is 5.38. The average Bonchev–Trinajstić information content (AvgIpc) is 2.96. The molecular formula is C24H32N4O. The van der Waals surface area contributed by atoms with Gasteiger partial charge in [0.05, 0.1) is 29.4 Å². The number of rotatable bonds is 6. The van der Waals surface area contributed by atoms with E-state index in [9.17, 15) is 0 Å². The molecule has 4 heterocycles. The quantitative estimate of drug-likeness (QED) is 0.574. The number of aryl methyl sites for hydroxylation is 2. The van der Waals surface area contributed by atoms with Crippen LogP contribution in [0.25, 0.3) is 22.3 Å². The van der Waals surface area contributed by atoms with Crippen molar-refractivity contribution < 1.29 is 4.74 Å². The van der Waals surface area contributed by atoms with Crippen molar-refractivity contribution in [1.29, 1.82) is 0 Å². The van der Waals surface area contributed by atoms with E-state index in [1.165, 1.54) is 23.1 Å². The number of pyridine rings is 2. The van der Waals surface area contributed by atoms with Crippen molar-refractivity contribution in [2.45, 2.75) is 53.0 Å². The minimum atomic E-state index is 0.270. The van der Waals surface area contributed by atoms with Gasteiger partial charge in [-0.15, -0.1) is 0 Å². The molecule has 0 saturated carbocycles. The molecule has 1 aliphatic rings. The molecule has 5 nitrogen and oxygen atoms in total. The van der Waals surface area contributed by atoms with Crippen LogP contribution in [-0.2, 0) is 4.74 Å². The van der Waals surface area contributed by atoms with Gasteiger partial charge in [-0.2, -0.15) is 0 Å². The first kappa shape index (κ1) is 19.9. The van der Waals surface area contributed by atoms with Crippen LogP contribution in [0.5, 0.6) is 0 Å². The lowest BCUT2D eigenvalue weighted by molar-refractivity contribution is 0.164. The number of fused-ring (bicyclic) bond motifs is 1. The third-order valence-corrected chi connectivity index (χ3v) is 5.96. The van der Waals surface area contributed by atoms with Crippen LogP contribution in [0, 0.1) is 13.8 Å². The largest absolute Gasteiger partial charge is 0.383 e. The molecule has 1 atom stereocenters. The third kappa shape index (κ3) is 3.52. The van der Waals surface area contributed by atoms with Gasteiger partial charge in [-0.25, -0.2) is 9.97 Å². The number of methoxy groups -OCH3 is 1. The molecule has 1 fully saturated rings. The molecule has 0 bridgehead atoms. The topological polar surface area (TPSA) is 43.2 Å². The summed E-state index contributed by atoms with van der Waals surface area (Å²) in [5.74, 6) is 1.50. The Morgan fingerprint density at radius 2 is 1.83 bits per heavy atom. The average molecular weight is 393 g/mol. The smallest absolute Gasteiger partial charge is 0.138 e. The zero-order valence-corrected chi connectivity index (χ0v) is 18.5. The Balaban J connectivity index is 1.86. The van der Waals surface area contributed by atoms with Crippen molar-refractivity contribution in [2.24, 2.45) is 0 Å². The van der Waals surface area contributed by atoms with Gasteiger partial charge in [0.1, 0.15) is 5.82 Å². The molecular weight excluding hydrogens is 360 g/mol. The van der Waals surface area contributed by atoms with Gasteiger partial charge in [-0.05, 0) is 62.4 Å². The first-order chi connectivity index (χ1) is 13.9. The number of hydrogen-bond donors (Lipinski definition) is 0. The zero-order chi connectivity index (χ0) is 20.7. The second kappa shape index (κ2) is 7.79. The fourth-order valence-corrected chi connectivity index (χ4v) is 4.12. The van der Waals surface area contributed by atoms with E-state index in [0.717, 1.165) is 41.4 Å². The second-order valence-corrected chi connectivity index (χ2v) is 8.65. The SMILES string of the molecule is COC[C@H](C)n1cc(C)c2nc(-c3ccc(C(C)C)nc3N3CCC3)c(C)cc21. The molecule has 0 amide bonds. The van der Waals surface area contributed by atoms with E-state index in [-0.39, 0.29) is 6.04 Å². The van der Waals surface area contributed by atoms with E-state index in [1.807, 2.05) is 0 Å². The van der Waals surface area contributed by atoms with Gasteiger partial charge in [-0.3, -0.25) is 0 Å². The van der Waals surface area contributed by atoms with Crippen molar-refractivity contribution in [3.63, 3.8) is 0 Å². The van der Waals surface area contributed by atoms with Crippen molar-refractivity contribution in [3.8, 4) is 11.3 Å². The lowest BCUT2D eigenvalue weighted by Crippen LogP contribution is -2.38. The number of anilines is 1. The Hall–Kier alpha value is -2.40. The highest BCUT2D eigenvalue weighted by Gasteiger charge is 2.23. The molecule has 0 spiro atoms. The van der Waals surface area contributed by atoms with Crippen LogP contribution in [0.2, 0.25) is 0 Å². The van der Waals surface area contributed by atoms with Crippen molar-refractivity contribution in [2.75, 3.05) is 31.7 Å².